The molecule has 0 saturated heterocycles. The van der Waals surface area contributed by atoms with Crippen LogP contribution in [0, 0.1) is 5.41 Å². The highest BCUT2D eigenvalue weighted by Crippen LogP contribution is 2.12. The Morgan fingerprint density at radius 2 is 1.93 bits per heavy atom. The first-order chi connectivity index (χ1) is 7.15. The van der Waals surface area contributed by atoms with Gasteiger partial charge in [-0.1, -0.05) is 18.2 Å². The summed E-state index contributed by atoms with van der Waals surface area (Å²) in [6, 6.07) is 8.91. The summed E-state index contributed by atoms with van der Waals surface area (Å²) in [5.74, 6) is -0.418. The number of aliphatic imine (C=N–C) groups is 1. The molecule has 0 aliphatic heterocycles. The standard InChI is InChI=1S/C9H13N5O/c10-8(11)13-9(12)14(6-15)7-4-2-1-3-5-7/h1-5,15H,6H2,(H5,10,11,12,13). The average molecular weight is 207 g/mol. The molecule has 80 valence electrons. The number of aliphatic hydroxyl groups is 1. The maximum atomic E-state index is 9.10. The lowest BCUT2D eigenvalue weighted by Gasteiger charge is -2.19. The third-order valence-electron chi connectivity index (χ3n) is 1.70. The van der Waals surface area contributed by atoms with Crippen molar-refractivity contribution in [3.63, 3.8) is 0 Å². The van der Waals surface area contributed by atoms with E-state index in [0.29, 0.717) is 5.69 Å². The minimum absolute atomic E-state index is 0.205. The third-order valence-corrected chi connectivity index (χ3v) is 1.70. The third kappa shape index (κ3) is 2.96. The van der Waals surface area contributed by atoms with Crippen molar-refractivity contribution in [1.29, 1.82) is 5.41 Å². The number of anilines is 1. The first-order valence-corrected chi connectivity index (χ1v) is 4.26. The molecule has 0 saturated carbocycles. The number of para-hydroxylation sites is 1. The second-order valence-corrected chi connectivity index (χ2v) is 2.77. The molecule has 0 fully saturated rings. The molecule has 6 N–H and O–H groups in total. The summed E-state index contributed by atoms with van der Waals surface area (Å²) in [7, 11) is 0. The molecule has 6 heteroatoms. The van der Waals surface area contributed by atoms with E-state index in [1.165, 1.54) is 4.90 Å². The van der Waals surface area contributed by atoms with Crippen LogP contribution in [0.25, 0.3) is 0 Å². The molecule has 0 radical (unpaired) electrons. The molecule has 0 heterocycles. The number of rotatable bonds is 2. The van der Waals surface area contributed by atoms with Crippen LogP contribution >= 0.6 is 0 Å². The fourth-order valence-electron chi connectivity index (χ4n) is 1.06. The summed E-state index contributed by atoms with van der Waals surface area (Å²) < 4.78 is 0. The van der Waals surface area contributed by atoms with E-state index in [0.717, 1.165) is 0 Å². The van der Waals surface area contributed by atoms with Gasteiger partial charge in [0.05, 0.1) is 0 Å². The van der Waals surface area contributed by atoms with Gasteiger partial charge in [-0.3, -0.25) is 10.3 Å². The van der Waals surface area contributed by atoms with E-state index >= 15 is 0 Å². The lowest BCUT2D eigenvalue weighted by atomic mass is 10.3. The Morgan fingerprint density at radius 3 is 2.40 bits per heavy atom. The molecule has 0 unspecified atom stereocenters. The average Bonchev–Trinajstić information content (AvgIpc) is 2.19. The number of aliphatic hydroxyl groups excluding tert-OH is 1. The maximum absolute atomic E-state index is 9.10. The Kier molecular flexibility index (Phi) is 3.64. The fraction of sp³-hybridized carbons (Fsp3) is 0.111. The number of nitrogens with two attached hydrogens (primary N) is 2. The van der Waals surface area contributed by atoms with Crippen LogP contribution in [0.3, 0.4) is 0 Å². The van der Waals surface area contributed by atoms with E-state index in [4.69, 9.17) is 22.0 Å². The maximum Gasteiger partial charge on any atom is 0.227 e. The highest BCUT2D eigenvalue weighted by Gasteiger charge is 2.09. The van der Waals surface area contributed by atoms with Crippen molar-refractivity contribution in [2.24, 2.45) is 16.5 Å². The normalized spacial score (nSPS) is 9.40. The highest BCUT2D eigenvalue weighted by molar-refractivity contribution is 6.00. The zero-order valence-electron chi connectivity index (χ0n) is 8.09. The Balaban J connectivity index is 2.90. The van der Waals surface area contributed by atoms with Crippen molar-refractivity contribution in [1.82, 2.24) is 0 Å². The second kappa shape index (κ2) is 4.97. The molecule has 1 aromatic rings. The topological polar surface area (TPSA) is 112 Å². The molecule has 1 aromatic carbocycles. The van der Waals surface area contributed by atoms with Crippen LogP contribution in [0.4, 0.5) is 5.69 Å². The number of guanidine groups is 2. The quantitative estimate of drug-likeness (QED) is 0.301. The molecular formula is C9H13N5O. The monoisotopic (exact) mass is 207 g/mol. The predicted molar refractivity (Wildman–Crippen MR) is 59.5 cm³/mol. The van der Waals surface area contributed by atoms with Crippen molar-refractivity contribution in [3.8, 4) is 0 Å². The van der Waals surface area contributed by atoms with E-state index in [-0.39, 0.29) is 18.6 Å². The molecule has 0 bridgehead atoms. The molecule has 0 spiro atoms. The van der Waals surface area contributed by atoms with Crippen LogP contribution in [0.5, 0.6) is 0 Å². The number of nitrogens with one attached hydrogen (secondary N) is 1. The van der Waals surface area contributed by atoms with Crippen LogP contribution in [-0.2, 0) is 0 Å². The molecular weight excluding hydrogens is 194 g/mol. The van der Waals surface area contributed by atoms with Gasteiger partial charge in [-0.25, -0.2) is 0 Å². The summed E-state index contributed by atoms with van der Waals surface area (Å²) in [5, 5.41) is 16.6. The van der Waals surface area contributed by atoms with E-state index in [2.05, 4.69) is 4.99 Å². The van der Waals surface area contributed by atoms with Crippen molar-refractivity contribution < 1.29 is 5.11 Å². The fourth-order valence-corrected chi connectivity index (χ4v) is 1.06. The van der Waals surface area contributed by atoms with Gasteiger partial charge < -0.3 is 16.6 Å². The van der Waals surface area contributed by atoms with Crippen LogP contribution in [-0.4, -0.2) is 23.8 Å². The Morgan fingerprint density at radius 1 is 1.33 bits per heavy atom. The van der Waals surface area contributed by atoms with E-state index in [1.807, 2.05) is 6.07 Å². The number of nitrogens with zero attached hydrogens (tertiary/aromatic N) is 2. The summed E-state index contributed by atoms with van der Waals surface area (Å²) in [5.41, 5.74) is 10.9. The van der Waals surface area contributed by atoms with Crippen LogP contribution in [0.1, 0.15) is 0 Å². The predicted octanol–water partition coefficient (Wildman–Crippen LogP) is -0.349. The minimum Gasteiger partial charge on any atom is -0.376 e. The first-order valence-electron chi connectivity index (χ1n) is 4.26. The molecule has 0 aliphatic rings. The molecule has 0 aliphatic carbocycles. The number of hydrogen-bond acceptors (Lipinski definition) is 2. The first kappa shape index (κ1) is 11.0. The van der Waals surface area contributed by atoms with Gasteiger partial charge in [0.2, 0.25) is 5.96 Å². The van der Waals surface area contributed by atoms with Gasteiger partial charge in [-0.2, -0.15) is 4.99 Å². The summed E-state index contributed by atoms with van der Waals surface area (Å²) in [6.07, 6.45) is 0. The SMILES string of the molecule is N=C(N=C(N)N)N(CO)c1ccccc1. The van der Waals surface area contributed by atoms with Gasteiger partial charge in [-0.05, 0) is 12.1 Å². The Labute approximate surface area is 87.3 Å². The zero-order valence-corrected chi connectivity index (χ0v) is 8.09. The lowest BCUT2D eigenvalue weighted by molar-refractivity contribution is 0.307. The van der Waals surface area contributed by atoms with Crippen molar-refractivity contribution >= 4 is 17.6 Å². The van der Waals surface area contributed by atoms with Crippen LogP contribution in [0.15, 0.2) is 35.3 Å². The van der Waals surface area contributed by atoms with Crippen LogP contribution in [0.2, 0.25) is 0 Å². The molecule has 0 amide bonds. The van der Waals surface area contributed by atoms with Gasteiger partial charge in [0.25, 0.3) is 0 Å². The molecule has 0 aromatic heterocycles. The summed E-state index contributed by atoms with van der Waals surface area (Å²) in [4.78, 5) is 4.81. The van der Waals surface area contributed by atoms with Crippen molar-refractivity contribution in [3.05, 3.63) is 30.3 Å². The summed E-state index contributed by atoms with van der Waals surface area (Å²) >= 11 is 0. The largest absolute Gasteiger partial charge is 0.376 e. The van der Waals surface area contributed by atoms with Crippen molar-refractivity contribution in [2.75, 3.05) is 11.6 Å². The smallest absolute Gasteiger partial charge is 0.227 e. The Bertz CT molecular complexity index is 358. The minimum atomic E-state index is -0.361. The number of benzene rings is 1. The molecule has 1 rings (SSSR count). The molecule has 0 atom stereocenters. The van der Waals surface area contributed by atoms with Crippen molar-refractivity contribution in [2.45, 2.75) is 0 Å². The van der Waals surface area contributed by atoms with E-state index in [1.54, 1.807) is 24.3 Å². The van der Waals surface area contributed by atoms with Crippen LogP contribution < -0.4 is 16.4 Å². The molecule has 15 heavy (non-hydrogen) atoms. The molecule has 6 nitrogen and oxygen atoms in total. The van der Waals surface area contributed by atoms with E-state index < -0.39 is 0 Å². The number of hydrogen-bond donors (Lipinski definition) is 4. The van der Waals surface area contributed by atoms with E-state index in [9.17, 15) is 0 Å². The van der Waals surface area contributed by atoms with Gasteiger partial charge in [-0.15, -0.1) is 0 Å². The van der Waals surface area contributed by atoms with Gasteiger partial charge in [0.1, 0.15) is 6.73 Å². The lowest BCUT2D eigenvalue weighted by Crippen LogP contribution is -2.33. The Hall–Kier alpha value is -2.08. The van der Waals surface area contributed by atoms with Gasteiger partial charge >= 0.3 is 0 Å². The highest BCUT2D eigenvalue weighted by atomic mass is 16.3. The van der Waals surface area contributed by atoms with Gasteiger partial charge in [0.15, 0.2) is 5.96 Å². The summed E-state index contributed by atoms with van der Waals surface area (Å²) in [6.45, 7) is -0.361. The van der Waals surface area contributed by atoms with Gasteiger partial charge in [0, 0.05) is 5.69 Å². The second-order valence-electron chi connectivity index (χ2n) is 2.77. The zero-order chi connectivity index (χ0) is 11.3.